The van der Waals surface area contributed by atoms with Gasteiger partial charge in [-0.2, -0.15) is 0 Å². The molecule has 0 heterocycles. The maximum Gasteiger partial charge on any atom is 0.344 e. The van der Waals surface area contributed by atoms with Crippen molar-refractivity contribution in [2.45, 2.75) is 19.4 Å². The molecule has 116 valence electrons. The quantitative estimate of drug-likeness (QED) is 0.740. The van der Waals surface area contributed by atoms with E-state index in [1.165, 1.54) is 10.8 Å². The predicted molar refractivity (Wildman–Crippen MR) is 91.7 cm³/mol. The van der Waals surface area contributed by atoms with Gasteiger partial charge in [-0.3, -0.25) is 0 Å². The lowest BCUT2D eigenvalue weighted by Gasteiger charge is -2.13. The van der Waals surface area contributed by atoms with Crippen molar-refractivity contribution >= 4 is 16.7 Å². The molecule has 0 fully saturated rings. The Hall–Kier alpha value is -2.81. The Labute approximate surface area is 135 Å². The molecule has 0 saturated heterocycles. The van der Waals surface area contributed by atoms with Crippen LogP contribution in [0.15, 0.2) is 66.7 Å². The largest absolute Gasteiger partial charge is 0.479 e. The number of hydrogen-bond acceptors (Lipinski definition) is 2. The third-order valence-corrected chi connectivity index (χ3v) is 3.88. The first-order valence-corrected chi connectivity index (χ1v) is 7.66. The van der Waals surface area contributed by atoms with Crippen LogP contribution < -0.4 is 4.74 Å². The number of carboxylic acids is 1. The lowest BCUT2D eigenvalue weighted by Crippen LogP contribution is -2.25. The van der Waals surface area contributed by atoms with E-state index in [9.17, 15) is 4.79 Å². The highest BCUT2D eigenvalue weighted by Crippen LogP contribution is 2.29. The van der Waals surface area contributed by atoms with Crippen molar-refractivity contribution < 1.29 is 14.6 Å². The fraction of sp³-hybridized carbons (Fsp3) is 0.150. The first kappa shape index (κ1) is 15.1. The number of carboxylic acid groups (broad SMARTS) is 1. The van der Waals surface area contributed by atoms with E-state index in [1.807, 2.05) is 42.5 Å². The molecule has 3 heteroatoms. The van der Waals surface area contributed by atoms with Crippen LogP contribution in [0.2, 0.25) is 0 Å². The summed E-state index contributed by atoms with van der Waals surface area (Å²) in [4.78, 5) is 11.0. The van der Waals surface area contributed by atoms with Crippen molar-refractivity contribution in [2.75, 3.05) is 0 Å². The van der Waals surface area contributed by atoms with Crippen LogP contribution in [0.1, 0.15) is 13.3 Å². The topological polar surface area (TPSA) is 46.5 Å². The number of ether oxygens (including phenoxy) is 1. The molecule has 0 aromatic heterocycles. The van der Waals surface area contributed by atoms with Gasteiger partial charge in [-0.15, -0.1) is 0 Å². The minimum Gasteiger partial charge on any atom is -0.479 e. The summed E-state index contributed by atoms with van der Waals surface area (Å²) in [6.07, 6.45) is -0.376. The highest BCUT2D eigenvalue weighted by Gasteiger charge is 2.16. The molecule has 0 aliphatic rings. The Morgan fingerprint density at radius 2 is 1.70 bits per heavy atom. The normalized spacial score (nSPS) is 12.0. The van der Waals surface area contributed by atoms with E-state index in [1.54, 1.807) is 6.92 Å². The minimum absolute atomic E-state index is 0.431. The van der Waals surface area contributed by atoms with Gasteiger partial charge in [0.05, 0.1) is 0 Å². The van der Waals surface area contributed by atoms with Crippen molar-refractivity contribution in [1.29, 1.82) is 0 Å². The van der Waals surface area contributed by atoms with Crippen LogP contribution in [0.25, 0.3) is 21.9 Å². The molecule has 0 saturated carbocycles. The summed E-state index contributed by atoms with van der Waals surface area (Å²) in [5.74, 6) is -0.367. The van der Waals surface area contributed by atoms with Crippen LogP contribution in [0.5, 0.6) is 5.75 Å². The Kier molecular flexibility index (Phi) is 4.29. The zero-order valence-corrected chi connectivity index (χ0v) is 12.9. The summed E-state index contributed by atoms with van der Waals surface area (Å²) in [7, 11) is 0. The zero-order chi connectivity index (χ0) is 16.2. The molecule has 0 amide bonds. The molecule has 23 heavy (non-hydrogen) atoms. The predicted octanol–water partition coefficient (Wildman–Crippen LogP) is 4.75. The Morgan fingerprint density at radius 3 is 2.39 bits per heavy atom. The molecular formula is C20H18O3. The van der Waals surface area contributed by atoms with E-state index < -0.39 is 12.1 Å². The van der Waals surface area contributed by atoms with Gasteiger partial charge >= 0.3 is 5.97 Å². The standard InChI is InChI=1S/C20H18O3/c1-2-19(20(21)22)23-16-12-10-15(11-13-16)18-9-5-7-14-6-3-4-8-17(14)18/h3-13,19H,2H2,1H3,(H,21,22)/t19-/m0/s1. The molecule has 0 aliphatic heterocycles. The number of fused-ring (bicyclic) bond motifs is 1. The molecule has 0 unspecified atom stereocenters. The van der Waals surface area contributed by atoms with Gasteiger partial charge in [-0.25, -0.2) is 4.79 Å². The maximum atomic E-state index is 11.0. The molecule has 3 aromatic rings. The van der Waals surface area contributed by atoms with Crippen LogP contribution in [-0.2, 0) is 4.79 Å². The molecule has 3 rings (SSSR count). The summed E-state index contributed by atoms with van der Waals surface area (Å²) in [5.41, 5.74) is 2.23. The first-order chi connectivity index (χ1) is 11.2. The number of rotatable bonds is 5. The number of hydrogen-bond donors (Lipinski definition) is 1. The minimum atomic E-state index is -0.939. The average Bonchev–Trinajstić information content (AvgIpc) is 2.59. The Balaban J connectivity index is 1.91. The summed E-state index contributed by atoms with van der Waals surface area (Å²) in [6, 6.07) is 22.0. The third-order valence-electron chi connectivity index (χ3n) is 3.88. The maximum absolute atomic E-state index is 11.0. The van der Waals surface area contributed by atoms with E-state index in [4.69, 9.17) is 9.84 Å². The van der Waals surface area contributed by atoms with Crippen LogP contribution in [0, 0.1) is 0 Å². The Morgan fingerprint density at radius 1 is 1.00 bits per heavy atom. The van der Waals surface area contributed by atoms with Gasteiger partial charge in [-0.1, -0.05) is 61.5 Å². The monoisotopic (exact) mass is 306 g/mol. The summed E-state index contributed by atoms with van der Waals surface area (Å²) < 4.78 is 5.50. The molecule has 1 N–H and O–H groups in total. The fourth-order valence-corrected chi connectivity index (χ4v) is 2.66. The summed E-state index contributed by atoms with van der Waals surface area (Å²) in [5, 5.41) is 11.5. The molecule has 0 spiro atoms. The molecule has 1 atom stereocenters. The number of benzene rings is 3. The van der Waals surface area contributed by atoms with Crippen molar-refractivity contribution in [3.63, 3.8) is 0 Å². The zero-order valence-electron chi connectivity index (χ0n) is 12.9. The first-order valence-electron chi connectivity index (χ1n) is 7.66. The van der Waals surface area contributed by atoms with E-state index >= 15 is 0 Å². The van der Waals surface area contributed by atoms with Crippen molar-refractivity contribution in [3.05, 3.63) is 66.7 Å². The van der Waals surface area contributed by atoms with Gasteiger partial charge in [0.15, 0.2) is 6.10 Å². The van der Waals surface area contributed by atoms with Gasteiger partial charge in [0.1, 0.15) is 5.75 Å². The fourth-order valence-electron chi connectivity index (χ4n) is 2.66. The van der Waals surface area contributed by atoms with Crippen LogP contribution >= 0.6 is 0 Å². The van der Waals surface area contributed by atoms with E-state index in [0.717, 1.165) is 11.1 Å². The molecular weight excluding hydrogens is 288 g/mol. The summed E-state index contributed by atoms with van der Waals surface area (Å²) in [6.45, 7) is 1.79. The van der Waals surface area contributed by atoms with Crippen molar-refractivity contribution in [3.8, 4) is 16.9 Å². The van der Waals surface area contributed by atoms with Gasteiger partial charge in [-0.05, 0) is 40.5 Å². The number of aliphatic carboxylic acids is 1. The Bertz CT molecular complexity index is 816. The highest BCUT2D eigenvalue weighted by atomic mass is 16.5. The van der Waals surface area contributed by atoms with Crippen LogP contribution in [0.4, 0.5) is 0 Å². The van der Waals surface area contributed by atoms with E-state index in [2.05, 4.69) is 24.3 Å². The second kappa shape index (κ2) is 6.53. The lowest BCUT2D eigenvalue weighted by atomic mass is 9.98. The summed E-state index contributed by atoms with van der Waals surface area (Å²) >= 11 is 0. The van der Waals surface area contributed by atoms with Gasteiger partial charge in [0.25, 0.3) is 0 Å². The number of carbonyl (C=O) groups is 1. The van der Waals surface area contributed by atoms with Gasteiger partial charge in [0, 0.05) is 0 Å². The highest BCUT2D eigenvalue weighted by molar-refractivity contribution is 5.96. The molecule has 3 nitrogen and oxygen atoms in total. The van der Waals surface area contributed by atoms with Crippen molar-refractivity contribution in [2.24, 2.45) is 0 Å². The van der Waals surface area contributed by atoms with Crippen molar-refractivity contribution in [1.82, 2.24) is 0 Å². The van der Waals surface area contributed by atoms with E-state index in [-0.39, 0.29) is 0 Å². The van der Waals surface area contributed by atoms with Crippen LogP contribution in [0.3, 0.4) is 0 Å². The molecule has 3 aromatic carbocycles. The second-order valence-corrected chi connectivity index (χ2v) is 5.40. The van der Waals surface area contributed by atoms with Crippen LogP contribution in [-0.4, -0.2) is 17.2 Å². The second-order valence-electron chi connectivity index (χ2n) is 5.40. The smallest absolute Gasteiger partial charge is 0.344 e. The van der Waals surface area contributed by atoms with E-state index in [0.29, 0.717) is 12.2 Å². The SMILES string of the molecule is CC[C@H](Oc1ccc(-c2cccc3ccccc23)cc1)C(=O)O. The average molecular weight is 306 g/mol. The van der Waals surface area contributed by atoms with Gasteiger partial charge < -0.3 is 9.84 Å². The third kappa shape index (κ3) is 3.19. The lowest BCUT2D eigenvalue weighted by molar-refractivity contribution is -0.145. The molecule has 0 aliphatic carbocycles. The molecule has 0 bridgehead atoms. The van der Waals surface area contributed by atoms with Gasteiger partial charge in [0.2, 0.25) is 0 Å². The molecule has 0 radical (unpaired) electrons.